The first-order valence-electron chi connectivity index (χ1n) is 9.47. The van der Waals surface area contributed by atoms with E-state index >= 15 is 0 Å². The second kappa shape index (κ2) is 8.84. The Bertz CT molecular complexity index is 605. The summed E-state index contributed by atoms with van der Waals surface area (Å²) in [5.74, 6) is 1.05. The third-order valence-corrected chi connectivity index (χ3v) is 6.21. The molecule has 0 atom stereocenters. The molecule has 5 heteroatoms. The van der Waals surface area contributed by atoms with Gasteiger partial charge in [0.1, 0.15) is 0 Å². The molecular weight excluding hydrogens is 380 g/mol. The SMILES string of the molecule is O=C(CCC1CCCCC1)N1CCN(C(=O)c2ccccc2Br)CC1. The Labute approximate surface area is 158 Å². The van der Waals surface area contributed by atoms with Crippen LogP contribution in [0.25, 0.3) is 0 Å². The summed E-state index contributed by atoms with van der Waals surface area (Å²) >= 11 is 3.44. The highest BCUT2D eigenvalue weighted by Gasteiger charge is 2.26. The minimum Gasteiger partial charge on any atom is -0.339 e. The predicted molar refractivity (Wildman–Crippen MR) is 102 cm³/mol. The number of nitrogens with zero attached hydrogens (tertiary/aromatic N) is 2. The fourth-order valence-electron chi connectivity index (χ4n) is 3.93. The number of carbonyl (C=O) groups excluding carboxylic acids is 2. The highest BCUT2D eigenvalue weighted by Crippen LogP contribution is 2.27. The van der Waals surface area contributed by atoms with Gasteiger partial charge in [0.05, 0.1) is 5.56 Å². The zero-order chi connectivity index (χ0) is 17.6. The largest absolute Gasteiger partial charge is 0.339 e. The van der Waals surface area contributed by atoms with E-state index in [4.69, 9.17) is 0 Å². The number of hydrogen-bond acceptors (Lipinski definition) is 2. The first-order valence-corrected chi connectivity index (χ1v) is 10.3. The van der Waals surface area contributed by atoms with E-state index in [-0.39, 0.29) is 11.8 Å². The second-order valence-corrected chi connectivity index (χ2v) is 8.05. The molecule has 1 aliphatic heterocycles. The normalized spacial score (nSPS) is 19.1. The Kier molecular flexibility index (Phi) is 6.51. The molecule has 0 spiro atoms. The molecule has 1 aromatic carbocycles. The molecule has 4 nitrogen and oxygen atoms in total. The van der Waals surface area contributed by atoms with Crippen LogP contribution in [0, 0.1) is 5.92 Å². The lowest BCUT2D eigenvalue weighted by Crippen LogP contribution is -2.50. The summed E-state index contributed by atoms with van der Waals surface area (Å²) < 4.78 is 0.825. The Morgan fingerprint density at radius 2 is 1.60 bits per heavy atom. The number of amides is 2. The molecule has 25 heavy (non-hydrogen) atoms. The topological polar surface area (TPSA) is 40.6 Å². The van der Waals surface area contributed by atoms with Gasteiger partial charge in [-0.25, -0.2) is 0 Å². The number of benzene rings is 1. The van der Waals surface area contributed by atoms with Crippen molar-refractivity contribution in [2.75, 3.05) is 26.2 Å². The van der Waals surface area contributed by atoms with E-state index in [0.29, 0.717) is 38.2 Å². The Morgan fingerprint density at radius 1 is 0.960 bits per heavy atom. The molecule has 0 bridgehead atoms. The smallest absolute Gasteiger partial charge is 0.255 e. The van der Waals surface area contributed by atoms with Crippen molar-refractivity contribution < 1.29 is 9.59 Å². The molecule has 0 unspecified atom stereocenters. The summed E-state index contributed by atoms with van der Waals surface area (Å²) in [6.45, 7) is 2.55. The number of hydrogen-bond donors (Lipinski definition) is 0. The monoisotopic (exact) mass is 406 g/mol. The van der Waals surface area contributed by atoms with E-state index < -0.39 is 0 Å². The van der Waals surface area contributed by atoms with Gasteiger partial charge in [0.25, 0.3) is 5.91 Å². The molecule has 0 radical (unpaired) electrons. The molecule has 136 valence electrons. The van der Waals surface area contributed by atoms with Gasteiger partial charge in [-0.15, -0.1) is 0 Å². The van der Waals surface area contributed by atoms with Gasteiger partial charge < -0.3 is 9.80 Å². The summed E-state index contributed by atoms with van der Waals surface area (Å²) in [5.41, 5.74) is 0.694. The van der Waals surface area contributed by atoms with Gasteiger partial charge in [-0.2, -0.15) is 0 Å². The van der Waals surface area contributed by atoms with E-state index in [0.717, 1.165) is 16.8 Å². The maximum Gasteiger partial charge on any atom is 0.255 e. The minimum absolute atomic E-state index is 0.0433. The molecule has 1 aliphatic carbocycles. The fraction of sp³-hybridized carbons (Fsp3) is 0.600. The van der Waals surface area contributed by atoms with Gasteiger partial charge in [0, 0.05) is 37.1 Å². The van der Waals surface area contributed by atoms with Crippen LogP contribution in [0.5, 0.6) is 0 Å². The van der Waals surface area contributed by atoms with Crippen molar-refractivity contribution in [2.24, 2.45) is 5.92 Å². The van der Waals surface area contributed by atoms with E-state index in [1.807, 2.05) is 34.1 Å². The summed E-state index contributed by atoms with van der Waals surface area (Å²) in [6.07, 6.45) is 8.31. The molecule has 2 fully saturated rings. The van der Waals surface area contributed by atoms with Gasteiger partial charge in [0.15, 0.2) is 0 Å². The van der Waals surface area contributed by atoms with Crippen molar-refractivity contribution in [1.82, 2.24) is 9.80 Å². The highest BCUT2D eigenvalue weighted by atomic mass is 79.9. The molecule has 2 aliphatic rings. The Morgan fingerprint density at radius 3 is 2.28 bits per heavy atom. The summed E-state index contributed by atoms with van der Waals surface area (Å²) in [5, 5.41) is 0. The van der Waals surface area contributed by atoms with E-state index in [2.05, 4.69) is 15.9 Å². The molecule has 3 rings (SSSR count). The third kappa shape index (κ3) is 4.84. The summed E-state index contributed by atoms with van der Waals surface area (Å²) in [7, 11) is 0. The van der Waals surface area contributed by atoms with Crippen molar-refractivity contribution >= 4 is 27.7 Å². The maximum atomic E-state index is 12.6. The summed E-state index contributed by atoms with van der Waals surface area (Å²) in [6, 6.07) is 7.51. The predicted octanol–water partition coefficient (Wildman–Crippen LogP) is 4.09. The van der Waals surface area contributed by atoms with Gasteiger partial charge in [0.2, 0.25) is 5.91 Å². The van der Waals surface area contributed by atoms with Crippen LogP contribution in [-0.4, -0.2) is 47.8 Å². The minimum atomic E-state index is 0.0433. The van der Waals surface area contributed by atoms with Crippen LogP contribution in [0.4, 0.5) is 0 Å². The van der Waals surface area contributed by atoms with Gasteiger partial charge in [-0.1, -0.05) is 44.2 Å². The third-order valence-electron chi connectivity index (χ3n) is 5.52. The number of halogens is 1. The molecule has 1 saturated heterocycles. The molecule has 1 aromatic rings. The quantitative estimate of drug-likeness (QED) is 0.754. The van der Waals surface area contributed by atoms with Gasteiger partial charge in [-0.05, 0) is 40.4 Å². The standard InChI is InChI=1S/C20H27BrN2O2/c21-18-9-5-4-8-17(18)20(25)23-14-12-22(13-15-23)19(24)11-10-16-6-2-1-3-7-16/h4-5,8-9,16H,1-3,6-7,10-15H2. The van der Waals surface area contributed by atoms with Crippen LogP contribution in [-0.2, 0) is 4.79 Å². The average molecular weight is 407 g/mol. The van der Waals surface area contributed by atoms with Crippen LogP contribution in [0.15, 0.2) is 28.7 Å². The Hall–Kier alpha value is -1.36. The van der Waals surface area contributed by atoms with Crippen molar-refractivity contribution in [3.8, 4) is 0 Å². The lowest BCUT2D eigenvalue weighted by Gasteiger charge is -2.35. The van der Waals surface area contributed by atoms with Crippen molar-refractivity contribution in [1.29, 1.82) is 0 Å². The van der Waals surface area contributed by atoms with Crippen molar-refractivity contribution in [3.63, 3.8) is 0 Å². The maximum absolute atomic E-state index is 12.6. The van der Waals surface area contributed by atoms with Crippen LogP contribution in [0.3, 0.4) is 0 Å². The molecule has 1 heterocycles. The van der Waals surface area contributed by atoms with Crippen LogP contribution in [0.1, 0.15) is 55.3 Å². The zero-order valence-corrected chi connectivity index (χ0v) is 16.3. The lowest BCUT2D eigenvalue weighted by molar-refractivity contribution is -0.133. The second-order valence-electron chi connectivity index (χ2n) is 7.20. The van der Waals surface area contributed by atoms with E-state index in [9.17, 15) is 9.59 Å². The molecule has 1 saturated carbocycles. The highest BCUT2D eigenvalue weighted by molar-refractivity contribution is 9.10. The number of piperazine rings is 1. The molecular formula is C20H27BrN2O2. The van der Waals surface area contributed by atoms with Gasteiger partial charge >= 0.3 is 0 Å². The van der Waals surface area contributed by atoms with E-state index in [1.54, 1.807) is 0 Å². The average Bonchev–Trinajstić information content (AvgIpc) is 2.67. The Balaban J connectivity index is 1.45. The van der Waals surface area contributed by atoms with E-state index in [1.165, 1.54) is 32.1 Å². The molecule has 2 amide bonds. The summed E-state index contributed by atoms with van der Waals surface area (Å²) in [4.78, 5) is 28.9. The zero-order valence-electron chi connectivity index (χ0n) is 14.8. The first kappa shape index (κ1) is 18.4. The van der Waals surface area contributed by atoms with Crippen LogP contribution in [0.2, 0.25) is 0 Å². The number of carbonyl (C=O) groups is 2. The van der Waals surface area contributed by atoms with Crippen molar-refractivity contribution in [2.45, 2.75) is 44.9 Å². The molecule has 0 N–H and O–H groups in total. The van der Waals surface area contributed by atoms with Crippen LogP contribution < -0.4 is 0 Å². The first-order chi connectivity index (χ1) is 12.1. The van der Waals surface area contributed by atoms with Crippen molar-refractivity contribution in [3.05, 3.63) is 34.3 Å². The fourth-order valence-corrected chi connectivity index (χ4v) is 4.38. The molecule has 0 aromatic heterocycles. The number of rotatable bonds is 4. The van der Waals surface area contributed by atoms with Crippen LogP contribution >= 0.6 is 15.9 Å². The van der Waals surface area contributed by atoms with Gasteiger partial charge in [-0.3, -0.25) is 9.59 Å². The lowest BCUT2D eigenvalue weighted by atomic mass is 9.86.